The molecule has 0 atom stereocenters. The van der Waals surface area contributed by atoms with E-state index in [0.717, 1.165) is 29.8 Å². The molecule has 1 saturated carbocycles. The van der Waals surface area contributed by atoms with Gasteiger partial charge in [-0.2, -0.15) is 0 Å². The van der Waals surface area contributed by atoms with Crippen LogP contribution in [0.15, 0.2) is 10.8 Å². The summed E-state index contributed by atoms with van der Waals surface area (Å²) in [5.41, 5.74) is 0. The Morgan fingerprint density at radius 2 is 2.46 bits per heavy atom. The van der Waals surface area contributed by atoms with Crippen LogP contribution in [0, 0.1) is 0 Å². The highest BCUT2D eigenvalue weighted by atomic mass is 79.9. The molecule has 1 aliphatic carbocycles. The van der Waals surface area contributed by atoms with Crippen LogP contribution < -0.4 is 5.32 Å². The highest BCUT2D eigenvalue weighted by Crippen LogP contribution is 2.19. The average molecular weight is 246 g/mol. The van der Waals surface area contributed by atoms with E-state index in [9.17, 15) is 0 Å². The summed E-state index contributed by atoms with van der Waals surface area (Å²) in [6.45, 7) is 0.739. The average Bonchev–Trinajstić information content (AvgIpc) is 2.43. The molecule has 0 bridgehead atoms. The second-order valence-corrected chi connectivity index (χ2v) is 4.24. The predicted octanol–water partition coefficient (Wildman–Crippen LogP) is 0.785. The highest BCUT2D eigenvalue weighted by molar-refractivity contribution is 9.10. The van der Waals surface area contributed by atoms with Gasteiger partial charge < -0.3 is 15.4 Å². The lowest BCUT2D eigenvalue weighted by molar-refractivity contribution is 0.0617. The topological polar surface area (TPSA) is 60.9 Å². The van der Waals surface area contributed by atoms with Crippen molar-refractivity contribution in [1.29, 1.82) is 0 Å². The number of aromatic amines is 1. The lowest BCUT2D eigenvalue weighted by Gasteiger charge is -2.31. The fourth-order valence-electron chi connectivity index (χ4n) is 1.42. The number of nitrogens with one attached hydrogen (secondary N) is 2. The van der Waals surface area contributed by atoms with Gasteiger partial charge in [0.1, 0.15) is 10.4 Å². The van der Waals surface area contributed by atoms with Crippen LogP contribution in [0.4, 0.5) is 0 Å². The fraction of sp³-hybridized carbons (Fsp3) is 0.625. The van der Waals surface area contributed by atoms with E-state index in [1.807, 2.05) is 0 Å². The van der Waals surface area contributed by atoms with E-state index in [1.165, 1.54) is 0 Å². The van der Waals surface area contributed by atoms with Crippen molar-refractivity contribution in [2.45, 2.75) is 31.5 Å². The Kier molecular flexibility index (Phi) is 2.66. The summed E-state index contributed by atoms with van der Waals surface area (Å²) in [7, 11) is 0. The van der Waals surface area contributed by atoms with Gasteiger partial charge in [-0.05, 0) is 28.8 Å². The lowest BCUT2D eigenvalue weighted by Crippen LogP contribution is -2.43. The lowest BCUT2D eigenvalue weighted by atomic mass is 9.89. The maximum Gasteiger partial charge on any atom is 0.120 e. The number of H-pyrrole nitrogens is 1. The van der Waals surface area contributed by atoms with Gasteiger partial charge in [-0.1, -0.05) is 0 Å². The summed E-state index contributed by atoms with van der Waals surface area (Å²) in [5, 5.41) is 12.4. The summed E-state index contributed by atoms with van der Waals surface area (Å²) in [6.07, 6.45) is 3.37. The molecule has 0 radical (unpaired) electrons. The predicted molar refractivity (Wildman–Crippen MR) is 52.2 cm³/mol. The van der Waals surface area contributed by atoms with E-state index in [1.54, 1.807) is 6.20 Å². The summed E-state index contributed by atoms with van der Waals surface area (Å²) in [6, 6.07) is 0.457. The van der Waals surface area contributed by atoms with Crippen molar-refractivity contribution in [1.82, 2.24) is 15.3 Å². The molecule has 3 N–H and O–H groups in total. The maximum absolute atomic E-state index is 9.05. The summed E-state index contributed by atoms with van der Waals surface area (Å²) in [4.78, 5) is 7.21. The number of aliphatic hydroxyl groups excluding tert-OH is 1. The molecule has 1 aliphatic rings. The van der Waals surface area contributed by atoms with Gasteiger partial charge in [0.25, 0.3) is 0 Å². The van der Waals surface area contributed by atoms with Crippen LogP contribution >= 0.6 is 15.9 Å². The van der Waals surface area contributed by atoms with Crippen molar-refractivity contribution >= 4 is 15.9 Å². The van der Waals surface area contributed by atoms with E-state index in [-0.39, 0.29) is 6.10 Å². The number of nitrogens with zero attached hydrogens (tertiary/aromatic N) is 1. The van der Waals surface area contributed by atoms with Gasteiger partial charge in [0.05, 0.1) is 18.8 Å². The van der Waals surface area contributed by atoms with Gasteiger partial charge in [0.2, 0.25) is 0 Å². The Bertz CT molecular complexity index is 283. The van der Waals surface area contributed by atoms with Crippen molar-refractivity contribution in [2.24, 2.45) is 0 Å². The van der Waals surface area contributed by atoms with Crippen molar-refractivity contribution in [3.05, 3.63) is 16.6 Å². The van der Waals surface area contributed by atoms with Crippen LogP contribution in [0.2, 0.25) is 0 Å². The molecular formula is C8H12BrN3O. The maximum atomic E-state index is 9.05. The normalized spacial score (nSPS) is 27.2. The monoisotopic (exact) mass is 245 g/mol. The Hall–Kier alpha value is -0.390. The third kappa shape index (κ3) is 2.30. The van der Waals surface area contributed by atoms with Crippen molar-refractivity contribution in [3.8, 4) is 0 Å². The van der Waals surface area contributed by atoms with Gasteiger partial charge in [-0.25, -0.2) is 4.98 Å². The first-order valence-corrected chi connectivity index (χ1v) is 5.14. The number of rotatable bonds is 3. The largest absolute Gasteiger partial charge is 0.393 e. The number of aliphatic hydroxyl groups is 1. The minimum atomic E-state index is -0.0964. The van der Waals surface area contributed by atoms with Gasteiger partial charge in [0, 0.05) is 6.04 Å². The standard InChI is InChI=1S/C8H12BrN3O/c9-7-3-11-8(12-7)4-10-5-1-6(13)2-5/h3,5-6,10,13H,1-2,4H2,(H,11,12). The van der Waals surface area contributed by atoms with Crippen LogP contribution in [0.1, 0.15) is 18.7 Å². The van der Waals surface area contributed by atoms with Crippen LogP contribution in [-0.2, 0) is 6.54 Å². The SMILES string of the molecule is OC1CC(NCc2ncc(Br)[nH]2)C1. The van der Waals surface area contributed by atoms with E-state index in [2.05, 4.69) is 31.2 Å². The third-order valence-electron chi connectivity index (χ3n) is 2.27. The van der Waals surface area contributed by atoms with Crippen molar-refractivity contribution in [2.75, 3.05) is 0 Å². The van der Waals surface area contributed by atoms with Gasteiger partial charge >= 0.3 is 0 Å². The first kappa shape index (κ1) is 9.18. The van der Waals surface area contributed by atoms with E-state index in [0.29, 0.717) is 6.04 Å². The first-order valence-electron chi connectivity index (χ1n) is 4.35. The third-order valence-corrected chi connectivity index (χ3v) is 2.67. The van der Waals surface area contributed by atoms with Crippen LogP contribution in [0.25, 0.3) is 0 Å². The summed E-state index contributed by atoms with van der Waals surface area (Å²) < 4.78 is 0.901. The van der Waals surface area contributed by atoms with E-state index >= 15 is 0 Å². The number of halogens is 1. The smallest absolute Gasteiger partial charge is 0.120 e. The van der Waals surface area contributed by atoms with Gasteiger partial charge in [-0.3, -0.25) is 0 Å². The Balaban J connectivity index is 1.74. The molecule has 1 heterocycles. The van der Waals surface area contributed by atoms with Crippen LogP contribution in [0.5, 0.6) is 0 Å². The Morgan fingerprint density at radius 1 is 1.69 bits per heavy atom. The molecule has 0 aliphatic heterocycles. The minimum Gasteiger partial charge on any atom is -0.393 e. The van der Waals surface area contributed by atoms with Crippen LogP contribution in [-0.4, -0.2) is 27.2 Å². The molecular weight excluding hydrogens is 234 g/mol. The minimum absolute atomic E-state index is 0.0964. The van der Waals surface area contributed by atoms with Gasteiger partial charge in [0.15, 0.2) is 0 Å². The van der Waals surface area contributed by atoms with Crippen molar-refractivity contribution < 1.29 is 5.11 Å². The molecule has 0 saturated heterocycles. The molecule has 1 fully saturated rings. The Labute approximate surface area is 84.9 Å². The highest BCUT2D eigenvalue weighted by Gasteiger charge is 2.26. The van der Waals surface area contributed by atoms with Crippen molar-refractivity contribution in [3.63, 3.8) is 0 Å². The van der Waals surface area contributed by atoms with E-state index in [4.69, 9.17) is 5.11 Å². The molecule has 1 aromatic rings. The molecule has 0 spiro atoms. The molecule has 1 aromatic heterocycles. The second kappa shape index (κ2) is 3.77. The molecule has 4 nitrogen and oxygen atoms in total. The molecule has 72 valence electrons. The quantitative estimate of drug-likeness (QED) is 0.738. The zero-order valence-electron chi connectivity index (χ0n) is 7.13. The Morgan fingerprint density at radius 3 is 3.00 bits per heavy atom. The zero-order valence-corrected chi connectivity index (χ0v) is 8.71. The van der Waals surface area contributed by atoms with Gasteiger partial charge in [-0.15, -0.1) is 0 Å². The summed E-state index contributed by atoms with van der Waals surface area (Å²) >= 11 is 3.29. The van der Waals surface area contributed by atoms with E-state index < -0.39 is 0 Å². The number of hydrogen-bond donors (Lipinski definition) is 3. The molecule has 2 rings (SSSR count). The summed E-state index contributed by atoms with van der Waals surface area (Å²) in [5.74, 6) is 0.924. The zero-order chi connectivity index (χ0) is 9.26. The molecule has 0 amide bonds. The molecule has 0 aromatic carbocycles. The number of hydrogen-bond acceptors (Lipinski definition) is 3. The number of aromatic nitrogens is 2. The second-order valence-electron chi connectivity index (χ2n) is 3.38. The fourth-order valence-corrected chi connectivity index (χ4v) is 1.75. The van der Waals surface area contributed by atoms with Crippen LogP contribution in [0.3, 0.4) is 0 Å². The number of imidazole rings is 1. The molecule has 0 unspecified atom stereocenters. The molecule has 13 heavy (non-hydrogen) atoms. The first-order chi connectivity index (χ1) is 6.24. The molecule has 5 heteroatoms.